The Morgan fingerprint density at radius 2 is 2.00 bits per heavy atom. The smallest absolute Gasteiger partial charge is 0.226 e. The second-order valence-corrected chi connectivity index (χ2v) is 6.39. The molecule has 2 saturated carbocycles. The molecule has 2 aliphatic rings. The van der Waals surface area contributed by atoms with Crippen molar-refractivity contribution in [2.75, 3.05) is 13.6 Å². The summed E-state index contributed by atoms with van der Waals surface area (Å²) in [7, 11) is 1.71. The molecule has 0 heterocycles. The summed E-state index contributed by atoms with van der Waals surface area (Å²) in [6, 6.07) is 0.671. The van der Waals surface area contributed by atoms with E-state index in [1.165, 1.54) is 32.1 Å². The average Bonchev–Trinajstić information content (AvgIpc) is 2.29. The van der Waals surface area contributed by atoms with Crippen molar-refractivity contribution < 1.29 is 4.79 Å². The van der Waals surface area contributed by atoms with Crippen molar-refractivity contribution in [3.63, 3.8) is 0 Å². The summed E-state index contributed by atoms with van der Waals surface area (Å²) in [6.45, 7) is 4.81. The predicted octanol–water partition coefficient (Wildman–Crippen LogP) is 1.93. The quantitative estimate of drug-likeness (QED) is 0.786. The van der Waals surface area contributed by atoms with Crippen molar-refractivity contribution in [3.8, 4) is 0 Å². The van der Waals surface area contributed by atoms with Crippen LogP contribution in [-0.2, 0) is 4.79 Å². The van der Waals surface area contributed by atoms with Gasteiger partial charge in [-0.2, -0.15) is 0 Å². The molecular formula is C14H26N2O. The van der Waals surface area contributed by atoms with E-state index in [4.69, 9.17) is 0 Å². The first-order valence-corrected chi connectivity index (χ1v) is 7.00. The lowest BCUT2D eigenvalue weighted by atomic mass is 9.62. The predicted molar refractivity (Wildman–Crippen MR) is 69.7 cm³/mol. The van der Waals surface area contributed by atoms with Crippen molar-refractivity contribution >= 4 is 5.91 Å². The monoisotopic (exact) mass is 238 g/mol. The number of amides is 1. The Kier molecular flexibility index (Phi) is 3.76. The Bertz CT molecular complexity index is 288. The Hall–Kier alpha value is -0.570. The Morgan fingerprint density at radius 3 is 2.65 bits per heavy atom. The maximum atomic E-state index is 11.7. The molecule has 3 heteroatoms. The first-order chi connectivity index (χ1) is 8.04. The molecule has 0 bridgehead atoms. The van der Waals surface area contributed by atoms with E-state index < -0.39 is 0 Å². The third-order valence-corrected chi connectivity index (χ3v) is 4.69. The molecule has 0 spiro atoms. The first-order valence-electron chi connectivity index (χ1n) is 7.00. The van der Waals surface area contributed by atoms with Gasteiger partial charge in [-0.25, -0.2) is 0 Å². The van der Waals surface area contributed by atoms with Gasteiger partial charge in [-0.1, -0.05) is 19.3 Å². The van der Waals surface area contributed by atoms with Crippen LogP contribution in [0, 0.1) is 17.3 Å². The standard InChI is InChI=1S/C14H26N2O/c1-14(2,13(17)15-3)9-16-12-8-10-6-4-5-7-11(10)12/h10-12,16H,4-9H2,1-3H3,(H,15,17)/t10-,11-,12?/m0/s1. The maximum Gasteiger partial charge on any atom is 0.226 e. The minimum Gasteiger partial charge on any atom is -0.359 e. The van der Waals surface area contributed by atoms with Crippen LogP contribution in [0.2, 0.25) is 0 Å². The van der Waals surface area contributed by atoms with Crippen LogP contribution in [0.4, 0.5) is 0 Å². The van der Waals surface area contributed by atoms with Crippen LogP contribution in [0.25, 0.3) is 0 Å². The highest BCUT2D eigenvalue weighted by molar-refractivity contribution is 5.81. The molecular weight excluding hydrogens is 212 g/mol. The van der Waals surface area contributed by atoms with E-state index in [9.17, 15) is 4.79 Å². The van der Waals surface area contributed by atoms with E-state index in [1.54, 1.807) is 7.05 Å². The molecule has 98 valence electrons. The van der Waals surface area contributed by atoms with Gasteiger partial charge in [-0.15, -0.1) is 0 Å². The fourth-order valence-electron chi connectivity index (χ4n) is 3.40. The molecule has 2 N–H and O–H groups in total. The van der Waals surface area contributed by atoms with Gasteiger partial charge in [0.1, 0.15) is 0 Å². The van der Waals surface area contributed by atoms with Gasteiger partial charge in [0, 0.05) is 19.6 Å². The van der Waals surface area contributed by atoms with Gasteiger partial charge in [0.15, 0.2) is 0 Å². The summed E-state index contributed by atoms with van der Waals surface area (Å²) in [4.78, 5) is 11.7. The van der Waals surface area contributed by atoms with Crippen LogP contribution in [0.3, 0.4) is 0 Å². The molecule has 2 aliphatic carbocycles. The first kappa shape index (κ1) is 12.9. The summed E-state index contributed by atoms with van der Waals surface area (Å²) >= 11 is 0. The number of hydrogen-bond donors (Lipinski definition) is 2. The van der Waals surface area contributed by atoms with Crippen molar-refractivity contribution in [2.45, 2.75) is 52.0 Å². The zero-order valence-electron chi connectivity index (χ0n) is 11.4. The Morgan fingerprint density at radius 1 is 1.29 bits per heavy atom. The molecule has 1 amide bonds. The van der Waals surface area contributed by atoms with Gasteiger partial charge in [0.2, 0.25) is 5.91 Å². The van der Waals surface area contributed by atoms with E-state index in [0.717, 1.165) is 18.4 Å². The van der Waals surface area contributed by atoms with Gasteiger partial charge < -0.3 is 10.6 Å². The summed E-state index contributed by atoms with van der Waals surface area (Å²) in [5.74, 6) is 2.00. The number of carbonyl (C=O) groups is 1. The fraction of sp³-hybridized carbons (Fsp3) is 0.929. The van der Waals surface area contributed by atoms with Crippen molar-refractivity contribution in [3.05, 3.63) is 0 Å². The van der Waals surface area contributed by atoms with Crippen LogP contribution < -0.4 is 10.6 Å². The fourth-order valence-corrected chi connectivity index (χ4v) is 3.40. The third-order valence-electron chi connectivity index (χ3n) is 4.69. The second-order valence-electron chi connectivity index (χ2n) is 6.39. The molecule has 2 fully saturated rings. The van der Waals surface area contributed by atoms with Crippen LogP contribution in [0.5, 0.6) is 0 Å². The van der Waals surface area contributed by atoms with Crippen LogP contribution in [0.1, 0.15) is 46.0 Å². The molecule has 17 heavy (non-hydrogen) atoms. The summed E-state index contributed by atoms with van der Waals surface area (Å²) in [6.07, 6.45) is 6.98. The highest BCUT2D eigenvalue weighted by atomic mass is 16.2. The van der Waals surface area contributed by atoms with Crippen molar-refractivity contribution in [1.82, 2.24) is 10.6 Å². The molecule has 0 aromatic heterocycles. The summed E-state index contributed by atoms with van der Waals surface area (Å²) in [5.41, 5.74) is -0.297. The third kappa shape index (κ3) is 2.65. The van der Waals surface area contributed by atoms with Crippen molar-refractivity contribution in [2.24, 2.45) is 17.3 Å². The summed E-state index contributed by atoms with van der Waals surface area (Å²) in [5, 5.41) is 6.36. The van der Waals surface area contributed by atoms with Crippen LogP contribution in [0.15, 0.2) is 0 Å². The minimum atomic E-state index is -0.297. The van der Waals surface area contributed by atoms with Gasteiger partial charge in [0.05, 0.1) is 5.41 Å². The molecule has 0 aliphatic heterocycles. The lowest BCUT2D eigenvalue weighted by molar-refractivity contribution is -0.128. The van der Waals surface area contributed by atoms with E-state index in [0.29, 0.717) is 6.04 Å². The normalized spacial score (nSPS) is 32.5. The highest BCUT2D eigenvalue weighted by Crippen LogP contribution is 2.45. The SMILES string of the molecule is CNC(=O)C(C)(C)CNC1C[C@@H]2CCCC[C@H]12. The van der Waals surface area contributed by atoms with E-state index in [2.05, 4.69) is 10.6 Å². The Labute approximate surface area is 105 Å². The largest absolute Gasteiger partial charge is 0.359 e. The molecule has 3 atom stereocenters. The number of carbonyl (C=O) groups excluding carboxylic acids is 1. The molecule has 1 unspecified atom stereocenters. The van der Waals surface area contributed by atoms with Gasteiger partial charge in [0.25, 0.3) is 0 Å². The molecule has 0 aromatic carbocycles. The number of rotatable bonds is 4. The second kappa shape index (κ2) is 4.97. The Balaban J connectivity index is 1.77. The van der Waals surface area contributed by atoms with E-state index in [1.807, 2.05) is 13.8 Å². The molecule has 0 aromatic rings. The lowest BCUT2D eigenvalue weighted by Crippen LogP contribution is -2.55. The lowest BCUT2D eigenvalue weighted by Gasteiger charge is -2.49. The van der Waals surface area contributed by atoms with E-state index in [-0.39, 0.29) is 11.3 Å². The zero-order valence-corrected chi connectivity index (χ0v) is 11.4. The number of nitrogens with one attached hydrogen (secondary N) is 2. The maximum absolute atomic E-state index is 11.7. The zero-order chi connectivity index (χ0) is 12.5. The average molecular weight is 238 g/mol. The van der Waals surface area contributed by atoms with Gasteiger partial charge in [-0.05, 0) is 38.5 Å². The molecule has 0 radical (unpaired) electrons. The van der Waals surface area contributed by atoms with Crippen molar-refractivity contribution in [1.29, 1.82) is 0 Å². The highest BCUT2D eigenvalue weighted by Gasteiger charge is 2.42. The minimum absolute atomic E-state index is 0.129. The topological polar surface area (TPSA) is 41.1 Å². The number of fused-ring (bicyclic) bond motifs is 1. The molecule has 2 rings (SSSR count). The summed E-state index contributed by atoms with van der Waals surface area (Å²) < 4.78 is 0. The molecule has 3 nitrogen and oxygen atoms in total. The van der Waals surface area contributed by atoms with Crippen LogP contribution >= 0.6 is 0 Å². The van der Waals surface area contributed by atoms with E-state index >= 15 is 0 Å². The van der Waals surface area contributed by atoms with Gasteiger partial charge >= 0.3 is 0 Å². The number of hydrogen-bond acceptors (Lipinski definition) is 2. The molecule has 0 saturated heterocycles. The van der Waals surface area contributed by atoms with Gasteiger partial charge in [-0.3, -0.25) is 4.79 Å². The van der Waals surface area contributed by atoms with Crippen LogP contribution in [-0.4, -0.2) is 25.5 Å².